The summed E-state index contributed by atoms with van der Waals surface area (Å²) in [4.78, 5) is 21.9. The van der Waals surface area contributed by atoms with Crippen molar-refractivity contribution >= 4 is 28.6 Å². The number of nitrogens with one attached hydrogen (secondary N) is 1. The van der Waals surface area contributed by atoms with E-state index >= 15 is 0 Å². The minimum atomic E-state index is -0.368. The van der Waals surface area contributed by atoms with E-state index in [1.807, 2.05) is 12.1 Å². The second-order valence-corrected chi connectivity index (χ2v) is 5.98. The molecule has 1 aliphatic rings. The van der Waals surface area contributed by atoms with Crippen molar-refractivity contribution in [3.63, 3.8) is 0 Å². The topological polar surface area (TPSA) is 67.3 Å². The van der Waals surface area contributed by atoms with E-state index in [0.29, 0.717) is 24.9 Å². The van der Waals surface area contributed by atoms with Crippen molar-refractivity contribution in [2.75, 3.05) is 23.4 Å². The van der Waals surface area contributed by atoms with Crippen LogP contribution in [0.2, 0.25) is 0 Å². The number of hydrogen-bond donors (Lipinski definition) is 1. The number of amides is 1. The number of aromatic nitrogens is 2. The average molecular weight is 334 g/mol. The number of anilines is 2. The van der Waals surface area contributed by atoms with Crippen LogP contribution in [0, 0.1) is 0 Å². The molecule has 1 aliphatic heterocycles. The Balaban J connectivity index is 1.55. The highest BCUT2D eigenvalue weighted by atomic mass is 16.6. The molecule has 1 fully saturated rings. The molecule has 6 heteroatoms. The van der Waals surface area contributed by atoms with Crippen LogP contribution in [0.4, 0.5) is 16.6 Å². The Kier molecular flexibility index (Phi) is 3.93. The van der Waals surface area contributed by atoms with Crippen molar-refractivity contribution in [3.05, 3.63) is 60.3 Å². The van der Waals surface area contributed by atoms with Gasteiger partial charge in [-0.05, 0) is 35.4 Å². The number of nitrogens with zero attached hydrogens (tertiary/aromatic N) is 3. The monoisotopic (exact) mass is 334 g/mol. The summed E-state index contributed by atoms with van der Waals surface area (Å²) in [6, 6.07) is 16.4. The Bertz CT molecular complexity index is 928. The lowest BCUT2D eigenvalue weighted by Crippen LogP contribution is -2.25. The smallest absolute Gasteiger partial charge is 0.415 e. The van der Waals surface area contributed by atoms with Crippen LogP contribution in [0.5, 0.6) is 0 Å². The lowest BCUT2D eigenvalue weighted by molar-refractivity contribution is 0.181. The summed E-state index contributed by atoms with van der Waals surface area (Å²) in [6.07, 6.45) is 1.27. The van der Waals surface area contributed by atoms with Gasteiger partial charge in [0.15, 0.2) is 0 Å². The molecule has 1 amide bonds. The Hall–Kier alpha value is -3.15. The summed E-state index contributed by atoms with van der Waals surface area (Å²) < 4.78 is 4.96. The van der Waals surface area contributed by atoms with E-state index < -0.39 is 0 Å². The SMILES string of the molecule is C[C@@H](Nc1nccc(N2CCOC2=O)n1)c1ccc2ccccc2c1. The van der Waals surface area contributed by atoms with Crippen molar-refractivity contribution in [2.24, 2.45) is 0 Å². The van der Waals surface area contributed by atoms with Gasteiger partial charge in [0.05, 0.1) is 12.6 Å². The maximum absolute atomic E-state index is 11.7. The molecular weight excluding hydrogens is 316 g/mol. The van der Waals surface area contributed by atoms with Gasteiger partial charge in [-0.3, -0.25) is 4.90 Å². The predicted octanol–water partition coefficient (Wildman–Crippen LogP) is 3.76. The number of carbonyl (C=O) groups excluding carboxylic acids is 1. The van der Waals surface area contributed by atoms with Gasteiger partial charge >= 0.3 is 6.09 Å². The van der Waals surface area contributed by atoms with Crippen LogP contribution < -0.4 is 10.2 Å². The van der Waals surface area contributed by atoms with Crippen molar-refractivity contribution in [1.29, 1.82) is 0 Å². The van der Waals surface area contributed by atoms with Gasteiger partial charge in [0.2, 0.25) is 5.95 Å². The van der Waals surface area contributed by atoms with Crippen LogP contribution in [0.3, 0.4) is 0 Å². The second-order valence-electron chi connectivity index (χ2n) is 5.98. The van der Waals surface area contributed by atoms with Crippen molar-refractivity contribution in [3.8, 4) is 0 Å². The maximum atomic E-state index is 11.7. The summed E-state index contributed by atoms with van der Waals surface area (Å²) in [5, 5.41) is 5.71. The van der Waals surface area contributed by atoms with E-state index in [1.54, 1.807) is 12.3 Å². The van der Waals surface area contributed by atoms with Crippen molar-refractivity contribution in [2.45, 2.75) is 13.0 Å². The molecule has 0 bridgehead atoms. The van der Waals surface area contributed by atoms with Crippen LogP contribution in [0.15, 0.2) is 54.7 Å². The summed E-state index contributed by atoms with van der Waals surface area (Å²) in [5.41, 5.74) is 1.15. The first-order valence-electron chi connectivity index (χ1n) is 8.23. The van der Waals surface area contributed by atoms with E-state index in [0.717, 1.165) is 5.56 Å². The molecule has 6 nitrogen and oxygen atoms in total. The fraction of sp³-hybridized carbons (Fsp3) is 0.211. The first-order chi connectivity index (χ1) is 12.2. The van der Waals surface area contributed by atoms with Crippen molar-refractivity contribution < 1.29 is 9.53 Å². The quantitative estimate of drug-likeness (QED) is 0.787. The van der Waals surface area contributed by atoms with Crippen LogP contribution >= 0.6 is 0 Å². The first-order valence-corrected chi connectivity index (χ1v) is 8.23. The Morgan fingerprint density at radius 1 is 1.16 bits per heavy atom. The van der Waals surface area contributed by atoms with E-state index in [4.69, 9.17) is 4.74 Å². The number of benzene rings is 2. The lowest BCUT2D eigenvalue weighted by Gasteiger charge is -2.17. The molecule has 25 heavy (non-hydrogen) atoms. The van der Waals surface area contributed by atoms with Gasteiger partial charge in [0.25, 0.3) is 0 Å². The number of hydrogen-bond acceptors (Lipinski definition) is 5. The van der Waals surface area contributed by atoms with Crippen LogP contribution in [-0.2, 0) is 4.74 Å². The molecule has 0 aliphatic carbocycles. The highest BCUT2D eigenvalue weighted by Gasteiger charge is 2.25. The van der Waals surface area contributed by atoms with Gasteiger partial charge < -0.3 is 10.1 Å². The molecular formula is C19H18N4O2. The summed E-state index contributed by atoms with van der Waals surface area (Å²) in [5.74, 6) is 1.03. The van der Waals surface area contributed by atoms with Gasteiger partial charge in [-0.25, -0.2) is 9.78 Å². The van der Waals surface area contributed by atoms with Gasteiger partial charge in [0.1, 0.15) is 12.4 Å². The van der Waals surface area contributed by atoms with E-state index in [1.165, 1.54) is 15.7 Å². The first kappa shape index (κ1) is 15.4. The zero-order valence-corrected chi connectivity index (χ0v) is 13.8. The van der Waals surface area contributed by atoms with E-state index in [2.05, 4.69) is 52.5 Å². The molecule has 1 saturated heterocycles. The minimum Gasteiger partial charge on any atom is -0.447 e. The second kappa shape index (κ2) is 6.39. The third kappa shape index (κ3) is 3.10. The number of fused-ring (bicyclic) bond motifs is 1. The Morgan fingerprint density at radius 2 is 2.00 bits per heavy atom. The molecule has 126 valence electrons. The lowest BCUT2D eigenvalue weighted by atomic mass is 10.0. The largest absolute Gasteiger partial charge is 0.447 e. The standard InChI is InChI=1S/C19H18N4O2/c1-13(15-7-6-14-4-2-3-5-16(14)12-15)21-18-20-9-8-17(22-18)23-10-11-25-19(23)24/h2-9,12-13H,10-11H2,1H3,(H,20,21,22)/t13-/m1/s1. The molecule has 1 N–H and O–H groups in total. The molecule has 3 aromatic rings. The zero-order chi connectivity index (χ0) is 17.2. The van der Waals surface area contributed by atoms with Crippen molar-refractivity contribution in [1.82, 2.24) is 9.97 Å². The number of rotatable bonds is 4. The van der Waals surface area contributed by atoms with E-state index in [9.17, 15) is 4.79 Å². The molecule has 4 rings (SSSR count). The van der Waals surface area contributed by atoms with Crippen LogP contribution in [0.1, 0.15) is 18.5 Å². The highest BCUT2D eigenvalue weighted by molar-refractivity contribution is 5.88. The highest BCUT2D eigenvalue weighted by Crippen LogP contribution is 2.23. The van der Waals surface area contributed by atoms with Crippen LogP contribution in [-0.4, -0.2) is 29.2 Å². The van der Waals surface area contributed by atoms with Gasteiger partial charge in [-0.1, -0.05) is 36.4 Å². The minimum absolute atomic E-state index is 0.0328. The Morgan fingerprint density at radius 3 is 2.80 bits per heavy atom. The molecule has 1 aromatic heterocycles. The summed E-state index contributed by atoms with van der Waals surface area (Å²) >= 11 is 0. The summed E-state index contributed by atoms with van der Waals surface area (Å²) in [7, 11) is 0. The zero-order valence-electron chi connectivity index (χ0n) is 13.8. The maximum Gasteiger partial charge on any atom is 0.415 e. The third-order valence-corrected chi connectivity index (χ3v) is 4.30. The Labute approximate surface area is 145 Å². The fourth-order valence-electron chi connectivity index (χ4n) is 2.92. The third-order valence-electron chi connectivity index (χ3n) is 4.30. The van der Waals surface area contributed by atoms with Gasteiger partial charge in [-0.15, -0.1) is 0 Å². The fourth-order valence-corrected chi connectivity index (χ4v) is 2.92. The molecule has 0 spiro atoms. The number of carbonyl (C=O) groups is 1. The molecule has 2 heterocycles. The molecule has 1 atom stereocenters. The van der Waals surface area contributed by atoms with Gasteiger partial charge in [-0.2, -0.15) is 4.98 Å². The molecule has 0 saturated carbocycles. The number of ether oxygens (including phenoxy) is 1. The molecule has 0 unspecified atom stereocenters. The van der Waals surface area contributed by atoms with Gasteiger partial charge in [0, 0.05) is 6.20 Å². The molecule has 2 aromatic carbocycles. The van der Waals surface area contributed by atoms with E-state index in [-0.39, 0.29) is 12.1 Å². The number of cyclic esters (lactones) is 1. The average Bonchev–Trinajstić information content (AvgIpc) is 3.07. The summed E-state index contributed by atoms with van der Waals surface area (Å²) in [6.45, 7) is 2.96. The molecule has 0 radical (unpaired) electrons. The normalized spacial score (nSPS) is 15.2. The predicted molar refractivity (Wildman–Crippen MR) is 96.7 cm³/mol. The van der Waals surface area contributed by atoms with Crippen LogP contribution in [0.25, 0.3) is 10.8 Å².